The lowest BCUT2D eigenvalue weighted by Gasteiger charge is -2.27. The molecule has 0 fully saturated rings. The number of fused-ring (bicyclic) bond motifs is 1. The van der Waals surface area contributed by atoms with Crippen LogP contribution in [0, 0.1) is 0 Å². The average molecular weight is 495 g/mol. The molecule has 35 heavy (non-hydrogen) atoms. The number of benzene rings is 2. The van der Waals surface area contributed by atoms with Gasteiger partial charge >= 0.3 is 6.03 Å². The number of nitrogens with two attached hydrogens (primary N) is 1. The summed E-state index contributed by atoms with van der Waals surface area (Å²) in [7, 11) is 3.12. The molecule has 0 bridgehead atoms. The van der Waals surface area contributed by atoms with Crippen LogP contribution in [0.2, 0.25) is 0 Å². The molecule has 3 aromatic rings. The number of rotatable bonds is 6. The zero-order chi connectivity index (χ0) is 25.1. The molecular formula is C26H30N4O4S. The largest absolute Gasteiger partial charge is 0.493 e. The first kappa shape index (κ1) is 24.4. The van der Waals surface area contributed by atoms with Gasteiger partial charge in [-0.3, -0.25) is 4.79 Å². The number of hydrogen-bond acceptors (Lipinski definition) is 6. The standard InChI is InChI=1S/C26H30N4O4S/c1-15(2)16-5-7-19(27)20(11-16)29-25(31)23-12-17-9-10-30(14-24(17)35-23)26(32)28-18-6-8-21(33-3)22(13-18)34-4/h5-8,11-13,15H,9-10,14,27H2,1-4H3,(H,28,32)(H,29,31). The summed E-state index contributed by atoms with van der Waals surface area (Å²) in [5.41, 5.74) is 10.0. The lowest BCUT2D eigenvalue weighted by atomic mass is 10.0. The van der Waals surface area contributed by atoms with Crippen molar-refractivity contribution in [1.29, 1.82) is 0 Å². The van der Waals surface area contributed by atoms with Crippen molar-refractivity contribution >= 4 is 40.3 Å². The van der Waals surface area contributed by atoms with Gasteiger partial charge in [0.1, 0.15) is 0 Å². The summed E-state index contributed by atoms with van der Waals surface area (Å²) in [5.74, 6) is 1.27. The molecule has 2 aromatic carbocycles. The third-order valence-electron chi connectivity index (χ3n) is 6.02. The van der Waals surface area contributed by atoms with Crippen LogP contribution in [-0.4, -0.2) is 37.6 Å². The van der Waals surface area contributed by atoms with Crippen LogP contribution in [0.5, 0.6) is 11.5 Å². The van der Waals surface area contributed by atoms with Crippen LogP contribution < -0.4 is 25.8 Å². The van der Waals surface area contributed by atoms with Crippen LogP contribution in [0.1, 0.15) is 45.4 Å². The smallest absolute Gasteiger partial charge is 0.322 e. The van der Waals surface area contributed by atoms with Gasteiger partial charge in [0.05, 0.1) is 37.0 Å². The van der Waals surface area contributed by atoms with Crippen molar-refractivity contribution in [2.24, 2.45) is 0 Å². The van der Waals surface area contributed by atoms with Crippen molar-refractivity contribution in [2.75, 3.05) is 37.1 Å². The monoisotopic (exact) mass is 494 g/mol. The Morgan fingerprint density at radius 2 is 1.80 bits per heavy atom. The Hall–Kier alpha value is -3.72. The van der Waals surface area contributed by atoms with Crippen LogP contribution in [0.3, 0.4) is 0 Å². The highest BCUT2D eigenvalue weighted by Gasteiger charge is 2.25. The van der Waals surface area contributed by atoms with E-state index >= 15 is 0 Å². The quantitative estimate of drug-likeness (QED) is 0.403. The third kappa shape index (κ3) is 5.35. The molecule has 1 aliphatic rings. The van der Waals surface area contributed by atoms with E-state index in [1.165, 1.54) is 11.3 Å². The maximum Gasteiger partial charge on any atom is 0.322 e. The van der Waals surface area contributed by atoms with Gasteiger partial charge in [0.15, 0.2) is 11.5 Å². The Morgan fingerprint density at radius 3 is 2.51 bits per heavy atom. The van der Waals surface area contributed by atoms with Gasteiger partial charge < -0.3 is 30.7 Å². The average Bonchev–Trinajstić information content (AvgIpc) is 3.28. The molecule has 3 amide bonds. The van der Waals surface area contributed by atoms with E-state index in [1.54, 1.807) is 37.3 Å². The second kappa shape index (κ2) is 10.3. The summed E-state index contributed by atoms with van der Waals surface area (Å²) in [6, 6.07) is 12.7. The molecule has 0 saturated heterocycles. The first-order chi connectivity index (χ1) is 16.8. The predicted octanol–water partition coefficient (Wildman–Crippen LogP) is 5.31. The third-order valence-corrected chi connectivity index (χ3v) is 7.18. The van der Waals surface area contributed by atoms with Crippen LogP contribution >= 0.6 is 11.3 Å². The molecule has 1 aliphatic heterocycles. The lowest BCUT2D eigenvalue weighted by Crippen LogP contribution is -2.38. The van der Waals surface area contributed by atoms with Crippen LogP contribution in [0.4, 0.5) is 21.9 Å². The molecule has 0 aliphatic carbocycles. The molecule has 8 nitrogen and oxygen atoms in total. The zero-order valence-electron chi connectivity index (χ0n) is 20.3. The van der Waals surface area contributed by atoms with Gasteiger partial charge in [0.25, 0.3) is 5.91 Å². The molecule has 4 N–H and O–H groups in total. The minimum Gasteiger partial charge on any atom is -0.493 e. The van der Waals surface area contributed by atoms with Crippen molar-refractivity contribution in [3.8, 4) is 11.5 Å². The lowest BCUT2D eigenvalue weighted by molar-refractivity contribution is 0.103. The molecular weight excluding hydrogens is 464 g/mol. The number of ether oxygens (including phenoxy) is 2. The second-order valence-electron chi connectivity index (χ2n) is 8.69. The topological polar surface area (TPSA) is 106 Å². The molecule has 2 heterocycles. The Balaban J connectivity index is 1.43. The summed E-state index contributed by atoms with van der Waals surface area (Å²) in [5, 5.41) is 5.86. The molecule has 0 radical (unpaired) electrons. The number of nitrogens with one attached hydrogen (secondary N) is 2. The molecule has 1 aromatic heterocycles. The SMILES string of the molecule is COc1ccc(NC(=O)N2CCc3cc(C(=O)Nc4cc(C(C)C)ccc4N)sc3C2)cc1OC. The molecule has 9 heteroatoms. The maximum atomic E-state index is 13.0. The van der Waals surface area contributed by atoms with E-state index in [-0.39, 0.29) is 11.9 Å². The molecule has 4 rings (SSSR count). The second-order valence-corrected chi connectivity index (χ2v) is 9.82. The number of carbonyl (C=O) groups excluding carboxylic acids is 2. The molecule has 184 valence electrons. The van der Waals surface area contributed by atoms with Gasteiger partial charge in [-0.2, -0.15) is 0 Å². The Morgan fingerprint density at radius 1 is 1.03 bits per heavy atom. The number of nitrogen functional groups attached to an aromatic ring is 1. The Kier molecular flexibility index (Phi) is 7.16. The maximum absolute atomic E-state index is 13.0. The summed E-state index contributed by atoms with van der Waals surface area (Å²) in [6.45, 7) is 5.19. The van der Waals surface area contributed by atoms with Crippen LogP contribution in [0.25, 0.3) is 0 Å². The Labute approximate surface area is 209 Å². The Bertz CT molecular complexity index is 1250. The van der Waals surface area contributed by atoms with Crippen molar-refractivity contribution in [2.45, 2.75) is 32.7 Å². The number of carbonyl (C=O) groups is 2. The van der Waals surface area contributed by atoms with Gasteiger partial charge in [-0.05, 0) is 53.8 Å². The number of nitrogens with zero attached hydrogens (tertiary/aromatic N) is 1. The number of methoxy groups -OCH3 is 2. The van der Waals surface area contributed by atoms with Gasteiger partial charge in [0.2, 0.25) is 0 Å². The predicted molar refractivity (Wildman–Crippen MR) is 140 cm³/mol. The van der Waals surface area contributed by atoms with E-state index < -0.39 is 0 Å². The number of amides is 3. The zero-order valence-corrected chi connectivity index (χ0v) is 21.1. The van der Waals surface area contributed by atoms with Crippen molar-refractivity contribution < 1.29 is 19.1 Å². The minimum absolute atomic E-state index is 0.196. The van der Waals surface area contributed by atoms with Gasteiger partial charge in [-0.15, -0.1) is 11.3 Å². The normalized spacial score (nSPS) is 12.8. The summed E-state index contributed by atoms with van der Waals surface area (Å²) >= 11 is 1.41. The number of anilines is 3. The highest BCUT2D eigenvalue weighted by molar-refractivity contribution is 7.14. The van der Waals surface area contributed by atoms with E-state index in [9.17, 15) is 9.59 Å². The highest BCUT2D eigenvalue weighted by atomic mass is 32.1. The fourth-order valence-corrected chi connectivity index (χ4v) is 5.07. The summed E-state index contributed by atoms with van der Waals surface area (Å²) in [4.78, 5) is 29.2. The van der Waals surface area contributed by atoms with Crippen LogP contribution in [0.15, 0.2) is 42.5 Å². The van der Waals surface area contributed by atoms with E-state index in [4.69, 9.17) is 15.2 Å². The van der Waals surface area contributed by atoms with E-state index in [2.05, 4.69) is 24.5 Å². The van der Waals surface area contributed by atoms with Gasteiger partial charge in [0, 0.05) is 23.2 Å². The molecule has 0 atom stereocenters. The first-order valence-electron chi connectivity index (χ1n) is 11.4. The molecule has 0 spiro atoms. The summed E-state index contributed by atoms with van der Waals surface area (Å²) in [6.07, 6.45) is 0.684. The van der Waals surface area contributed by atoms with E-state index in [0.29, 0.717) is 58.9 Å². The van der Waals surface area contributed by atoms with Crippen molar-refractivity contribution in [1.82, 2.24) is 4.90 Å². The molecule has 0 unspecified atom stereocenters. The van der Waals surface area contributed by atoms with Crippen molar-refractivity contribution in [3.05, 3.63) is 63.3 Å². The number of urea groups is 1. The highest BCUT2D eigenvalue weighted by Crippen LogP contribution is 2.32. The van der Waals surface area contributed by atoms with E-state index in [0.717, 1.165) is 16.0 Å². The number of hydrogen-bond donors (Lipinski definition) is 3. The summed E-state index contributed by atoms with van der Waals surface area (Å²) < 4.78 is 10.6. The fourth-order valence-electron chi connectivity index (χ4n) is 3.95. The first-order valence-corrected chi connectivity index (χ1v) is 12.2. The van der Waals surface area contributed by atoms with Gasteiger partial charge in [-0.25, -0.2) is 4.79 Å². The van der Waals surface area contributed by atoms with Crippen LogP contribution in [-0.2, 0) is 13.0 Å². The van der Waals surface area contributed by atoms with E-state index in [1.807, 2.05) is 24.3 Å². The minimum atomic E-state index is -0.208. The van der Waals surface area contributed by atoms with Gasteiger partial charge in [-0.1, -0.05) is 19.9 Å². The number of thiophene rings is 1. The molecule has 0 saturated carbocycles. The fraction of sp³-hybridized carbons (Fsp3) is 0.308. The van der Waals surface area contributed by atoms with Crippen molar-refractivity contribution in [3.63, 3.8) is 0 Å².